The number of hydrogen-bond donors (Lipinski definition) is 1. The molecule has 0 aliphatic carbocycles. The van der Waals surface area contributed by atoms with Gasteiger partial charge < -0.3 is 9.88 Å². The van der Waals surface area contributed by atoms with Crippen molar-refractivity contribution in [2.75, 3.05) is 6.54 Å². The summed E-state index contributed by atoms with van der Waals surface area (Å²) in [6, 6.07) is 8.75. The molecular weight excluding hydrogens is 240 g/mol. The van der Waals surface area contributed by atoms with Crippen molar-refractivity contribution >= 4 is 26.8 Å². The van der Waals surface area contributed by atoms with E-state index in [1.165, 1.54) is 16.6 Å². The second kappa shape index (κ2) is 3.11. The van der Waals surface area contributed by atoms with Crippen LogP contribution in [0.15, 0.2) is 28.7 Å². The van der Waals surface area contributed by atoms with Crippen LogP contribution in [-0.4, -0.2) is 11.1 Å². The fourth-order valence-electron chi connectivity index (χ4n) is 2.12. The van der Waals surface area contributed by atoms with Crippen LogP contribution in [0.3, 0.4) is 0 Å². The summed E-state index contributed by atoms with van der Waals surface area (Å²) in [5.41, 5.74) is 2.74. The van der Waals surface area contributed by atoms with Crippen LogP contribution in [0.25, 0.3) is 10.9 Å². The van der Waals surface area contributed by atoms with Gasteiger partial charge in [0, 0.05) is 40.7 Å². The summed E-state index contributed by atoms with van der Waals surface area (Å²) in [4.78, 5) is 0. The van der Waals surface area contributed by atoms with Crippen LogP contribution in [0.1, 0.15) is 5.69 Å². The molecule has 0 radical (unpaired) electrons. The van der Waals surface area contributed by atoms with Crippen LogP contribution in [0.4, 0.5) is 0 Å². The van der Waals surface area contributed by atoms with Crippen LogP contribution >= 0.6 is 15.9 Å². The molecule has 1 N–H and O–H groups in total. The van der Waals surface area contributed by atoms with E-state index in [4.69, 9.17) is 0 Å². The second-order valence-electron chi connectivity index (χ2n) is 3.67. The van der Waals surface area contributed by atoms with Crippen molar-refractivity contribution in [3.8, 4) is 0 Å². The van der Waals surface area contributed by atoms with Crippen molar-refractivity contribution in [1.82, 2.24) is 9.88 Å². The average molecular weight is 251 g/mol. The Balaban J connectivity index is 2.31. The largest absolute Gasteiger partial charge is 0.342 e. The topological polar surface area (TPSA) is 17.0 Å². The van der Waals surface area contributed by atoms with E-state index >= 15 is 0 Å². The van der Waals surface area contributed by atoms with Gasteiger partial charge in [-0.2, -0.15) is 0 Å². The number of nitrogens with one attached hydrogen (secondary N) is 1. The number of aromatic nitrogens is 1. The smallest absolute Gasteiger partial charge is 0.0484 e. The molecule has 0 unspecified atom stereocenters. The molecule has 0 spiro atoms. The van der Waals surface area contributed by atoms with E-state index in [0.29, 0.717) is 0 Å². The van der Waals surface area contributed by atoms with Crippen LogP contribution in [-0.2, 0) is 13.1 Å². The highest BCUT2D eigenvalue weighted by Gasteiger charge is 2.11. The van der Waals surface area contributed by atoms with Gasteiger partial charge in [-0.1, -0.05) is 15.9 Å². The highest BCUT2D eigenvalue weighted by atomic mass is 79.9. The molecule has 1 aromatic carbocycles. The van der Waals surface area contributed by atoms with Crippen LogP contribution in [0.5, 0.6) is 0 Å². The van der Waals surface area contributed by atoms with Crippen molar-refractivity contribution in [3.05, 3.63) is 34.4 Å². The molecule has 2 nitrogen and oxygen atoms in total. The van der Waals surface area contributed by atoms with Gasteiger partial charge in [0.25, 0.3) is 0 Å². The zero-order chi connectivity index (χ0) is 9.54. The van der Waals surface area contributed by atoms with Gasteiger partial charge >= 0.3 is 0 Å². The lowest BCUT2D eigenvalue weighted by molar-refractivity contribution is 0.527. The van der Waals surface area contributed by atoms with Gasteiger partial charge in [-0.25, -0.2) is 0 Å². The minimum absolute atomic E-state index is 0.992. The van der Waals surface area contributed by atoms with Crippen molar-refractivity contribution in [1.29, 1.82) is 0 Å². The number of fused-ring (bicyclic) bond motifs is 3. The van der Waals surface area contributed by atoms with Gasteiger partial charge in [-0.05, 0) is 24.3 Å². The standard InChI is InChI=1S/C11H11BrN2/c12-9-1-2-11-8(5-9)6-10-7-13-3-4-14(10)11/h1-2,5-6,13H,3-4,7H2. The fraction of sp³-hybridized carbons (Fsp3) is 0.273. The number of hydrogen-bond acceptors (Lipinski definition) is 1. The summed E-state index contributed by atoms with van der Waals surface area (Å²) < 4.78 is 3.55. The van der Waals surface area contributed by atoms with E-state index in [2.05, 4.69) is 50.1 Å². The fourth-order valence-corrected chi connectivity index (χ4v) is 2.50. The normalized spacial score (nSPS) is 15.8. The molecule has 72 valence electrons. The Kier molecular flexibility index (Phi) is 1.89. The summed E-state index contributed by atoms with van der Waals surface area (Å²) in [5, 5.41) is 4.72. The maximum Gasteiger partial charge on any atom is 0.0484 e. The van der Waals surface area contributed by atoms with Crippen molar-refractivity contribution in [2.24, 2.45) is 0 Å². The van der Waals surface area contributed by atoms with Crippen molar-refractivity contribution in [3.63, 3.8) is 0 Å². The quantitative estimate of drug-likeness (QED) is 0.761. The van der Waals surface area contributed by atoms with Crippen LogP contribution < -0.4 is 5.32 Å². The highest BCUT2D eigenvalue weighted by molar-refractivity contribution is 9.10. The molecule has 0 bridgehead atoms. The molecular formula is C11H11BrN2. The van der Waals surface area contributed by atoms with E-state index < -0.39 is 0 Å². The monoisotopic (exact) mass is 250 g/mol. The summed E-state index contributed by atoms with van der Waals surface area (Å²) in [5.74, 6) is 0. The number of halogens is 1. The molecule has 14 heavy (non-hydrogen) atoms. The average Bonchev–Trinajstić information content (AvgIpc) is 2.54. The van der Waals surface area contributed by atoms with Gasteiger partial charge in [0.1, 0.15) is 0 Å². The Morgan fingerprint density at radius 1 is 1.29 bits per heavy atom. The van der Waals surface area contributed by atoms with Gasteiger partial charge in [0.2, 0.25) is 0 Å². The number of nitrogens with zero attached hydrogens (tertiary/aromatic N) is 1. The summed E-state index contributed by atoms with van der Waals surface area (Å²) in [6.07, 6.45) is 0. The number of benzene rings is 1. The third-order valence-electron chi connectivity index (χ3n) is 2.77. The lowest BCUT2D eigenvalue weighted by Crippen LogP contribution is -2.27. The second-order valence-corrected chi connectivity index (χ2v) is 4.58. The molecule has 1 aliphatic heterocycles. The Morgan fingerprint density at radius 2 is 2.21 bits per heavy atom. The SMILES string of the molecule is Brc1ccc2c(c1)cc1n2CCNC1. The molecule has 0 amide bonds. The van der Waals surface area contributed by atoms with E-state index in [-0.39, 0.29) is 0 Å². The van der Waals surface area contributed by atoms with E-state index in [1.807, 2.05) is 0 Å². The lowest BCUT2D eigenvalue weighted by Gasteiger charge is -2.16. The summed E-state index contributed by atoms with van der Waals surface area (Å²) in [7, 11) is 0. The summed E-state index contributed by atoms with van der Waals surface area (Å²) >= 11 is 3.50. The molecule has 1 aromatic heterocycles. The molecule has 2 aromatic rings. The predicted octanol–water partition coefficient (Wildman–Crippen LogP) is 2.51. The Hall–Kier alpha value is -0.800. The number of rotatable bonds is 0. The minimum atomic E-state index is 0.992. The molecule has 2 heterocycles. The molecule has 3 heteroatoms. The first kappa shape index (κ1) is 8.50. The molecule has 3 rings (SSSR count). The van der Waals surface area contributed by atoms with Crippen LogP contribution in [0, 0.1) is 0 Å². The predicted molar refractivity (Wildman–Crippen MR) is 61.3 cm³/mol. The van der Waals surface area contributed by atoms with Gasteiger partial charge in [-0.15, -0.1) is 0 Å². The minimum Gasteiger partial charge on any atom is -0.342 e. The van der Waals surface area contributed by atoms with Crippen LogP contribution in [0.2, 0.25) is 0 Å². The first-order valence-corrected chi connectivity index (χ1v) is 5.62. The van der Waals surface area contributed by atoms with E-state index in [0.717, 1.165) is 24.1 Å². The van der Waals surface area contributed by atoms with E-state index in [9.17, 15) is 0 Å². The third kappa shape index (κ3) is 1.20. The summed E-state index contributed by atoms with van der Waals surface area (Å²) in [6.45, 7) is 3.15. The van der Waals surface area contributed by atoms with Gasteiger partial charge in [-0.3, -0.25) is 0 Å². The lowest BCUT2D eigenvalue weighted by atomic mass is 10.2. The molecule has 0 atom stereocenters. The zero-order valence-electron chi connectivity index (χ0n) is 7.76. The zero-order valence-corrected chi connectivity index (χ0v) is 9.34. The molecule has 1 aliphatic rings. The first-order valence-electron chi connectivity index (χ1n) is 4.83. The van der Waals surface area contributed by atoms with E-state index in [1.54, 1.807) is 0 Å². The van der Waals surface area contributed by atoms with Crippen molar-refractivity contribution in [2.45, 2.75) is 13.1 Å². The molecule has 0 saturated heterocycles. The maximum absolute atomic E-state index is 3.50. The first-order chi connectivity index (χ1) is 6.84. The molecule has 0 saturated carbocycles. The van der Waals surface area contributed by atoms with Gasteiger partial charge in [0.05, 0.1) is 0 Å². The highest BCUT2D eigenvalue weighted by Crippen LogP contribution is 2.24. The Labute approximate surface area is 91.0 Å². The third-order valence-corrected chi connectivity index (χ3v) is 3.26. The van der Waals surface area contributed by atoms with Crippen molar-refractivity contribution < 1.29 is 0 Å². The maximum atomic E-state index is 3.50. The van der Waals surface area contributed by atoms with Gasteiger partial charge in [0.15, 0.2) is 0 Å². The Bertz CT molecular complexity index is 487. The molecule has 0 fully saturated rings. The Morgan fingerprint density at radius 3 is 3.14 bits per heavy atom.